The predicted molar refractivity (Wildman–Crippen MR) is 93.1 cm³/mol. The number of oxazole rings is 1. The highest BCUT2D eigenvalue weighted by molar-refractivity contribution is 5.82. The number of aryl methyl sites for hydroxylation is 3. The quantitative estimate of drug-likeness (QED) is 0.651. The van der Waals surface area contributed by atoms with Crippen LogP contribution in [0.25, 0.3) is 11.1 Å². The Kier molecular flexibility index (Phi) is 4.87. The number of para-hydroxylation sites is 2. The van der Waals surface area contributed by atoms with Gasteiger partial charge in [-0.25, -0.2) is 4.79 Å². The fourth-order valence-corrected chi connectivity index (χ4v) is 2.65. The Bertz CT molecular complexity index is 1010. The SMILES string of the molecule is Cc1cc(C)n(CC(=O)NNC(=O)CCn2c(=O)oc3ccccc32)n1. The lowest BCUT2D eigenvalue weighted by molar-refractivity contribution is -0.129. The first-order chi connectivity index (χ1) is 12.4. The van der Waals surface area contributed by atoms with E-state index in [1.165, 1.54) is 4.57 Å². The molecular weight excluding hydrogens is 338 g/mol. The topological polar surface area (TPSA) is 111 Å². The number of fused-ring (bicyclic) bond motifs is 1. The normalized spacial score (nSPS) is 10.8. The van der Waals surface area contributed by atoms with Gasteiger partial charge in [0, 0.05) is 18.7 Å². The Hall–Kier alpha value is -3.36. The highest BCUT2D eigenvalue weighted by Gasteiger charge is 2.11. The molecule has 0 spiro atoms. The van der Waals surface area contributed by atoms with Crippen LogP contribution in [0.1, 0.15) is 17.8 Å². The number of nitrogens with one attached hydrogen (secondary N) is 2. The number of carbonyl (C=O) groups excluding carboxylic acids is 2. The first kappa shape index (κ1) is 17.5. The summed E-state index contributed by atoms with van der Waals surface area (Å²) < 4.78 is 8.04. The maximum Gasteiger partial charge on any atom is 0.419 e. The zero-order valence-corrected chi connectivity index (χ0v) is 14.5. The van der Waals surface area contributed by atoms with Crippen molar-refractivity contribution in [1.29, 1.82) is 0 Å². The number of hydrogen-bond acceptors (Lipinski definition) is 5. The summed E-state index contributed by atoms with van der Waals surface area (Å²) in [5, 5.41) is 4.18. The van der Waals surface area contributed by atoms with E-state index < -0.39 is 17.6 Å². The highest BCUT2D eigenvalue weighted by atomic mass is 16.4. The summed E-state index contributed by atoms with van der Waals surface area (Å²) in [6, 6.07) is 8.84. The largest absolute Gasteiger partial charge is 0.419 e. The molecule has 0 fully saturated rings. The van der Waals surface area contributed by atoms with Crippen molar-refractivity contribution in [2.24, 2.45) is 0 Å². The third kappa shape index (κ3) is 3.82. The summed E-state index contributed by atoms with van der Waals surface area (Å²) >= 11 is 0. The second-order valence-corrected chi connectivity index (χ2v) is 5.92. The van der Waals surface area contributed by atoms with Crippen LogP contribution in [0, 0.1) is 13.8 Å². The number of rotatable bonds is 5. The van der Waals surface area contributed by atoms with Crippen LogP contribution in [0.5, 0.6) is 0 Å². The summed E-state index contributed by atoms with van der Waals surface area (Å²) in [4.78, 5) is 35.6. The van der Waals surface area contributed by atoms with Gasteiger partial charge in [-0.05, 0) is 32.0 Å². The Morgan fingerprint density at radius 1 is 1.15 bits per heavy atom. The summed E-state index contributed by atoms with van der Waals surface area (Å²) in [5.74, 6) is -1.33. The van der Waals surface area contributed by atoms with E-state index in [9.17, 15) is 14.4 Å². The van der Waals surface area contributed by atoms with Crippen LogP contribution in [0.4, 0.5) is 0 Å². The monoisotopic (exact) mass is 357 g/mol. The number of hydrogen-bond donors (Lipinski definition) is 2. The highest BCUT2D eigenvalue weighted by Crippen LogP contribution is 2.11. The van der Waals surface area contributed by atoms with Gasteiger partial charge in [0.1, 0.15) is 6.54 Å². The van der Waals surface area contributed by atoms with Gasteiger partial charge in [-0.2, -0.15) is 5.10 Å². The van der Waals surface area contributed by atoms with Gasteiger partial charge in [0.05, 0.1) is 11.2 Å². The van der Waals surface area contributed by atoms with Gasteiger partial charge in [0.25, 0.3) is 5.91 Å². The van der Waals surface area contributed by atoms with Gasteiger partial charge in [-0.3, -0.25) is 29.7 Å². The van der Waals surface area contributed by atoms with Crippen molar-refractivity contribution in [3.05, 3.63) is 52.3 Å². The fraction of sp³-hybridized carbons (Fsp3) is 0.294. The number of benzene rings is 1. The molecule has 3 rings (SSSR count). The van der Waals surface area contributed by atoms with Crippen LogP contribution in [0.15, 0.2) is 39.5 Å². The molecule has 0 aliphatic rings. The van der Waals surface area contributed by atoms with Gasteiger partial charge in [-0.1, -0.05) is 12.1 Å². The molecule has 0 bridgehead atoms. The average Bonchev–Trinajstić information content (AvgIpc) is 3.09. The average molecular weight is 357 g/mol. The molecule has 0 radical (unpaired) electrons. The van der Waals surface area contributed by atoms with E-state index >= 15 is 0 Å². The first-order valence-electron chi connectivity index (χ1n) is 8.11. The van der Waals surface area contributed by atoms with Gasteiger partial charge in [0.2, 0.25) is 5.91 Å². The molecule has 3 aromatic rings. The molecule has 1 aromatic carbocycles. The third-order valence-electron chi connectivity index (χ3n) is 3.87. The zero-order valence-electron chi connectivity index (χ0n) is 14.5. The van der Waals surface area contributed by atoms with E-state index in [0.717, 1.165) is 11.4 Å². The van der Waals surface area contributed by atoms with Crippen LogP contribution in [0.3, 0.4) is 0 Å². The molecule has 26 heavy (non-hydrogen) atoms. The van der Waals surface area contributed by atoms with Crippen LogP contribution < -0.4 is 16.6 Å². The standard InChI is InChI=1S/C17H19N5O4/c1-11-9-12(2)22(20-11)10-16(24)19-18-15(23)7-8-21-13-5-3-4-6-14(13)26-17(21)25/h3-6,9H,7-8,10H2,1-2H3,(H,18,23)(H,19,24). The number of nitrogens with zero attached hydrogens (tertiary/aromatic N) is 3. The second-order valence-electron chi connectivity index (χ2n) is 5.92. The molecule has 9 nitrogen and oxygen atoms in total. The van der Waals surface area contributed by atoms with Gasteiger partial charge in [0.15, 0.2) is 5.58 Å². The molecule has 0 unspecified atom stereocenters. The number of aromatic nitrogens is 3. The van der Waals surface area contributed by atoms with Gasteiger partial charge < -0.3 is 4.42 Å². The maximum absolute atomic E-state index is 11.9. The molecule has 9 heteroatoms. The van der Waals surface area contributed by atoms with Crippen LogP contribution in [-0.2, 0) is 22.7 Å². The minimum Gasteiger partial charge on any atom is -0.408 e. The summed E-state index contributed by atoms with van der Waals surface area (Å²) in [6.45, 7) is 3.84. The van der Waals surface area contributed by atoms with Crippen LogP contribution in [-0.4, -0.2) is 26.2 Å². The Morgan fingerprint density at radius 3 is 2.62 bits per heavy atom. The fourth-order valence-electron chi connectivity index (χ4n) is 2.65. The molecule has 2 aromatic heterocycles. The van der Waals surface area contributed by atoms with Gasteiger partial charge >= 0.3 is 5.76 Å². The van der Waals surface area contributed by atoms with Crippen molar-refractivity contribution in [2.45, 2.75) is 33.4 Å². The van der Waals surface area contributed by atoms with Crippen LogP contribution in [0.2, 0.25) is 0 Å². The molecule has 0 aliphatic carbocycles. The maximum atomic E-state index is 11.9. The molecule has 0 atom stereocenters. The Labute approximate surface area is 148 Å². The molecule has 2 amide bonds. The third-order valence-corrected chi connectivity index (χ3v) is 3.87. The summed E-state index contributed by atoms with van der Waals surface area (Å²) in [6.07, 6.45) is 0.0175. The van der Waals surface area contributed by atoms with E-state index in [0.29, 0.717) is 11.1 Å². The van der Waals surface area contributed by atoms with Gasteiger partial charge in [-0.15, -0.1) is 0 Å². The lowest BCUT2D eigenvalue weighted by Gasteiger charge is -2.08. The van der Waals surface area contributed by atoms with Crippen molar-refractivity contribution in [1.82, 2.24) is 25.2 Å². The van der Waals surface area contributed by atoms with E-state index in [1.54, 1.807) is 28.9 Å². The Balaban J connectivity index is 1.51. The number of hydrazine groups is 1. The molecule has 136 valence electrons. The first-order valence-corrected chi connectivity index (χ1v) is 8.11. The molecule has 2 heterocycles. The number of amides is 2. The molecule has 2 N–H and O–H groups in total. The van der Waals surface area contributed by atoms with E-state index in [1.807, 2.05) is 19.9 Å². The van der Waals surface area contributed by atoms with E-state index in [2.05, 4.69) is 16.0 Å². The summed E-state index contributed by atoms with van der Waals surface area (Å²) in [5.41, 5.74) is 7.44. The van der Waals surface area contributed by atoms with Crippen molar-refractivity contribution < 1.29 is 14.0 Å². The lowest BCUT2D eigenvalue weighted by atomic mass is 10.3. The zero-order chi connectivity index (χ0) is 18.7. The molecular formula is C17H19N5O4. The number of carbonyl (C=O) groups is 2. The minimum absolute atomic E-state index is 0.00573. The van der Waals surface area contributed by atoms with Crippen molar-refractivity contribution >= 4 is 22.9 Å². The molecule has 0 saturated carbocycles. The van der Waals surface area contributed by atoms with Crippen molar-refractivity contribution in [2.75, 3.05) is 0 Å². The van der Waals surface area contributed by atoms with Crippen LogP contribution >= 0.6 is 0 Å². The second kappa shape index (κ2) is 7.26. The molecule has 0 aliphatic heterocycles. The molecule has 0 saturated heterocycles. The van der Waals surface area contributed by atoms with E-state index in [4.69, 9.17) is 4.42 Å². The Morgan fingerprint density at radius 2 is 1.88 bits per heavy atom. The minimum atomic E-state index is -0.521. The summed E-state index contributed by atoms with van der Waals surface area (Å²) in [7, 11) is 0. The van der Waals surface area contributed by atoms with Crippen molar-refractivity contribution in [3.8, 4) is 0 Å². The lowest BCUT2D eigenvalue weighted by Crippen LogP contribution is -2.43. The van der Waals surface area contributed by atoms with E-state index in [-0.39, 0.29) is 19.5 Å². The smallest absolute Gasteiger partial charge is 0.408 e. The predicted octanol–water partition coefficient (Wildman–Crippen LogP) is 0.646. The van der Waals surface area contributed by atoms with Crippen molar-refractivity contribution in [3.63, 3.8) is 0 Å².